The Labute approximate surface area is 82.7 Å². The molecule has 0 unspecified atom stereocenters. The molecular formula is C8H7BrFN3. The van der Waals surface area contributed by atoms with Gasteiger partial charge in [0.25, 0.3) is 0 Å². The molecule has 2 aromatic rings. The van der Waals surface area contributed by atoms with Crippen molar-refractivity contribution in [1.82, 2.24) is 15.0 Å². The van der Waals surface area contributed by atoms with Crippen molar-refractivity contribution in [2.45, 2.75) is 13.5 Å². The number of nitrogens with zero attached hydrogens (tertiary/aromatic N) is 3. The first-order valence-electron chi connectivity index (χ1n) is 3.90. The first kappa shape index (κ1) is 8.62. The van der Waals surface area contributed by atoms with E-state index in [1.807, 2.05) is 6.92 Å². The summed E-state index contributed by atoms with van der Waals surface area (Å²) in [7, 11) is 0. The summed E-state index contributed by atoms with van der Waals surface area (Å²) in [4.78, 5) is 0. The van der Waals surface area contributed by atoms with Crippen LogP contribution in [0.25, 0.3) is 11.0 Å². The van der Waals surface area contributed by atoms with Crippen LogP contribution in [0, 0.1) is 5.82 Å². The van der Waals surface area contributed by atoms with Crippen molar-refractivity contribution in [3.05, 3.63) is 22.4 Å². The molecule has 5 heteroatoms. The Balaban J connectivity index is 2.82. The maximum Gasteiger partial charge on any atom is 0.126 e. The Morgan fingerprint density at radius 3 is 3.00 bits per heavy atom. The van der Waals surface area contributed by atoms with Crippen molar-refractivity contribution in [3.8, 4) is 0 Å². The van der Waals surface area contributed by atoms with Gasteiger partial charge in [-0.1, -0.05) is 5.21 Å². The van der Waals surface area contributed by atoms with Gasteiger partial charge in [-0.15, -0.1) is 5.10 Å². The summed E-state index contributed by atoms with van der Waals surface area (Å²) in [5.74, 6) is -0.303. The van der Waals surface area contributed by atoms with Crippen LogP contribution in [-0.2, 0) is 6.54 Å². The Bertz CT molecular complexity index is 452. The molecule has 13 heavy (non-hydrogen) atoms. The number of rotatable bonds is 1. The molecular weight excluding hydrogens is 237 g/mol. The first-order valence-corrected chi connectivity index (χ1v) is 4.70. The van der Waals surface area contributed by atoms with Gasteiger partial charge in [0.05, 0.1) is 0 Å². The maximum absolute atomic E-state index is 12.9. The fourth-order valence-electron chi connectivity index (χ4n) is 1.25. The number of fused-ring (bicyclic) bond motifs is 1. The van der Waals surface area contributed by atoms with Gasteiger partial charge in [0.15, 0.2) is 0 Å². The molecule has 0 radical (unpaired) electrons. The standard InChI is InChI=1S/C8H7BrFN3/c1-2-13-8-6(9)3-5(10)4-7(8)11-12-13/h3-4H,2H2,1H3. The van der Waals surface area contributed by atoms with Crippen molar-refractivity contribution >= 4 is 27.0 Å². The molecule has 1 aromatic carbocycles. The molecule has 0 amide bonds. The summed E-state index contributed by atoms with van der Waals surface area (Å²) in [5, 5.41) is 7.74. The summed E-state index contributed by atoms with van der Waals surface area (Å²) in [5.41, 5.74) is 1.41. The van der Waals surface area contributed by atoms with Gasteiger partial charge in [-0.3, -0.25) is 0 Å². The molecule has 1 heterocycles. The second-order valence-corrected chi connectivity index (χ2v) is 3.51. The average molecular weight is 244 g/mol. The van der Waals surface area contributed by atoms with Crippen LogP contribution in [0.15, 0.2) is 16.6 Å². The number of hydrogen-bond acceptors (Lipinski definition) is 2. The van der Waals surface area contributed by atoms with E-state index in [0.29, 0.717) is 9.99 Å². The molecule has 0 bridgehead atoms. The highest BCUT2D eigenvalue weighted by atomic mass is 79.9. The summed E-state index contributed by atoms with van der Waals surface area (Å²) < 4.78 is 15.3. The number of aryl methyl sites for hydroxylation is 1. The van der Waals surface area contributed by atoms with E-state index in [0.717, 1.165) is 12.1 Å². The molecule has 0 atom stereocenters. The van der Waals surface area contributed by atoms with Gasteiger partial charge >= 0.3 is 0 Å². The monoisotopic (exact) mass is 243 g/mol. The van der Waals surface area contributed by atoms with E-state index >= 15 is 0 Å². The Morgan fingerprint density at radius 1 is 1.54 bits per heavy atom. The molecule has 0 N–H and O–H groups in total. The van der Waals surface area contributed by atoms with E-state index in [9.17, 15) is 4.39 Å². The van der Waals surface area contributed by atoms with E-state index in [4.69, 9.17) is 0 Å². The lowest BCUT2D eigenvalue weighted by Crippen LogP contribution is -1.96. The zero-order chi connectivity index (χ0) is 9.42. The molecule has 3 nitrogen and oxygen atoms in total. The molecule has 2 rings (SSSR count). The predicted octanol–water partition coefficient (Wildman–Crippen LogP) is 2.35. The van der Waals surface area contributed by atoms with E-state index in [1.54, 1.807) is 4.68 Å². The lowest BCUT2D eigenvalue weighted by Gasteiger charge is -1.98. The number of benzene rings is 1. The molecule has 0 aliphatic rings. The molecule has 68 valence electrons. The largest absolute Gasteiger partial charge is 0.244 e. The fraction of sp³-hybridized carbons (Fsp3) is 0.250. The summed E-state index contributed by atoms with van der Waals surface area (Å²) >= 11 is 3.28. The fourth-order valence-corrected chi connectivity index (χ4v) is 1.88. The Hall–Kier alpha value is -0.970. The average Bonchev–Trinajstić information content (AvgIpc) is 2.47. The van der Waals surface area contributed by atoms with Crippen molar-refractivity contribution in [2.75, 3.05) is 0 Å². The van der Waals surface area contributed by atoms with Gasteiger partial charge in [0.2, 0.25) is 0 Å². The van der Waals surface area contributed by atoms with Gasteiger partial charge in [-0.25, -0.2) is 9.07 Å². The minimum Gasteiger partial charge on any atom is -0.244 e. The second kappa shape index (κ2) is 3.06. The van der Waals surface area contributed by atoms with Crippen LogP contribution < -0.4 is 0 Å². The third kappa shape index (κ3) is 1.33. The quantitative estimate of drug-likeness (QED) is 0.770. The lowest BCUT2D eigenvalue weighted by atomic mass is 10.3. The smallest absolute Gasteiger partial charge is 0.126 e. The summed E-state index contributed by atoms with van der Waals surface area (Å²) in [6.45, 7) is 2.69. The van der Waals surface area contributed by atoms with Crippen LogP contribution >= 0.6 is 15.9 Å². The molecule has 0 aliphatic heterocycles. The Kier molecular flexibility index (Phi) is 2.03. The highest BCUT2D eigenvalue weighted by Gasteiger charge is 2.08. The number of halogens is 2. The van der Waals surface area contributed by atoms with E-state index in [1.165, 1.54) is 12.1 Å². The van der Waals surface area contributed by atoms with E-state index in [2.05, 4.69) is 26.2 Å². The second-order valence-electron chi connectivity index (χ2n) is 2.66. The summed E-state index contributed by atoms with van der Waals surface area (Å²) in [6, 6.07) is 2.79. The van der Waals surface area contributed by atoms with Crippen molar-refractivity contribution < 1.29 is 4.39 Å². The zero-order valence-electron chi connectivity index (χ0n) is 6.96. The maximum atomic E-state index is 12.9. The summed E-state index contributed by atoms with van der Waals surface area (Å²) in [6.07, 6.45) is 0. The van der Waals surface area contributed by atoms with Crippen LogP contribution in [0.5, 0.6) is 0 Å². The molecule has 0 saturated carbocycles. The predicted molar refractivity (Wildman–Crippen MR) is 50.9 cm³/mol. The Morgan fingerprint density at radius 2 is 2.31 bits per heavy atom. The van der Waals surface area contributed by atoms with Crippen LogP contribution in [0.2, 0.25) is 0 Å². The van der Waals surface area contributed by atoms with Crippen molar-refractivity contribution in [3.63, 3.8) is 0 Å². The van der Waals surface area contributed by atoms with Gasteiger partial charge < -0.3 is 0 Å². The highest BCUT2D eigenvalue weighted by Crippen LogP contribution is 2.23. The van der Waals surface area contributed by atoms with Crippen LogP contribution in [0.1, 0.15) is 6.92 Å². The van der Waals surface area contributed by atoms with Crippen LogP contribution in [0.4, 0.5) is 4.39 Å². The van der Waals surface area contributed by atoms with Gasteiger partial charge in [-0.05, 0) is 28.9 Å². The SMILES string of the molecule is CCn1nnc2cc(F)cc(Br)c21. The van der Waals surface area contributed by atoms with Crippen LogP contribution in [-0.4, -0.2) is 15.0 Å². The van der Waals surface area contributed by atoms with Gasteiger partial charge in [0.1, 0.15) is 16.9 Å². The van der Waals surface area contributed by atoms with Crippen LogP contribution in [0.3, 0.4) is 0 Å². The number of hydrogen-bond donors (Lipinski definition) is 0. The normalized spacial score (nSPS) is 11.0. The van der Waals surface area contributed by atoms with Gasteiger partial charge in [0, 0.05) is 17.1 Å². The number of aromatic nitrogens is 3. The molecule has 0 fully saturated rings. The minimum absolute atomic E-state index is 0.303. The molecule has 1 aromatic heterocycles. The first-order chi connectivity index (χ1) is 6.22. The van der Waals surface area contributed by atoms with E-state index in [-0.39, 0.29) is 5.82 Å². The minimum atomic E-state index is -0.303. The molecule has 0 spiro atoms. The van der Waals surface area contributed by atoms with E-state index < -0.39 is 0 Å². The van der Waals surface area contributed by atoms with Crippen molar-refractivity contribution in [1.29, 1.82) is 0 Å². The van der Waals surface area contributed by atoms with Crippen molar-refractivity contribution in [2.24, 2.45) is 0 Å². The van der Waals surface area contributed by atoms with Gasteiger partial charge in [-0.2, -0.15) is 0 Å². The topological polar surface area (TPSA) is 30.7 Å². The highest BCUT2D eigenvalue weighted by molar-refractivity contribution is 9.10. The molecule has 0 saturated heterocycles. The third-order valence-electron chi connectivity index (χ3n) is 1.83. The zero-order valence-corrected chi connectivity index (χ0v) is 8.55. The third-order valence-corrected chi connectivity index (χ3v) is 2.43. The lowest BCUT2D eigenvalue weighted by molar-refractivity contribution is 0.628. The molecule has 0 aliphatic carbocycles.